The van der Waals surface area contributed by atoms with Gasteiger partial charge in [0.1, 0.15) is 5.82 Å². The fraction of sp³-hybridized carbons (Fsp3) is 0.500. The zero-order valence-corrected chi connectivity index (χ0v) is 14.4. The standard InChI is InChI=1S/C18H24N4O2/c1-11(2)8-15(17-19-13-6-4-5-7-14(13)20-17)21-18(24)12-9-16(23)22(3)10-12/h4-7,11-12,15H,8-10H2,1-3H3,(H,19,20)(H,21,24)/t12-,15-/m0/s1. The molecule has 1 saturated heterocycles. The van der Waals surface area contributed by atoms with Crippen LogP contribution in [0.15, 0.2) is 24.3 Å². The van der Waals surface area contributed by atoms with E-state index in [-0.39, 0.29) is 30.2 Å². The number of nitrogens with zero attached hydrogens (tertiary/aromatic N) is 2. The van der Waals surface area contributed by atoms with E-state index in [1.165, 1.54) is 0 Å². The summed E-state index contributed by atoms with van der Waals surface area (Å²) in [5.41, 5.74) is 1.86. The Hall–Kier alpha value is -2.37. The summed E-state index contributed by atoms with van der Waals surface area (Å²) in [6.07, 6.45) is 1.08. The van der Waals surface area contributed by atoms with Crippen LogP contribution < -0.4 is 5.32 Å². The van der Waals surface area contributed by atoms with E-state index < -0.39 is 0 Å². The number of imidazole rings is 1. The summed E-state index contributed by atoms with van der Waals surface area (Å²) in [6, 6.07) is 7.66. The molecule has 2 N–H and O–H groups in total. The Balaban J connectivity index is 1.79. The predicted octanol–water partition coefficient (Wildman–Crippen LogP) is 2.24. The second-order valence-electron chi connectivity index (χ2n) is 7.01. The molecule has 2 aromatic rings. The molecule has 6 nitrogen and oxygen atoms in total. The molecule has 0 saturated carbocycles. The fourth-order valence-corrected chi connectivity index (χ4v) is 3.18. The van der Waals surface area contributed by atoms with Crippen molar-refractivity contribution >= 4 is 22.8 Å². The fourth-order valence-electron chi connectivity index (χ4n) is 3.18. The summed E-state index contributed by atoms with van der Waals surface area (Å²) in [5.74, 6) is 0.868. The van der Waals surface area contributed by atoms with Crippen molar-refractivity contribution in [1.82, 2.24) is 20.2 Å². The molecule has 24 heavy (non-hydrogen) atoms. The third-order valence-corrected chi connectivity index (χ3v) is 4.47. The normalized spacial score (nSPS) is 19.2. The number of para-hydroxylation sites is 2. The van der Waals surface area contributed by atoms with Gasteiger partial charge >= 0.3 is 0 Å². The van der Waals surface area contributed by atoms with E-state index in [9.17, 15) is 9.59 Å². The van der Waals surface area contributed by atoms with E-state index in [1.54, 1.807) is 11.9 Å². The molecule has 0 aliphatic carbocycles. The summed E-state index contributed by atoms with van der Waals surface area (Å²) in [6.45, 7) is 4.72. The van der Waals surface area contributed by atoms with Crippen LogP contribution in [0.1, 0.15) is 38.6 Å². The Bertz CT molecular complexity index is 719. The highest BCUT2D eigenvalue weighted by Crippen LogP contribution is 2.24. The maximum absolute atomic E-state index is 12.6. The number of hydrogen-bond acceptors (Lipinski definition) is 3. The molecule has 0 radical (unpaired) electrons. The van der Waals surface area contributed by atoms with E-state index in [0.717, 1.165) is 23.3 Å². The first-order chi connectivity index (χ1) is 11.4. The van der Waals surface area contributed by atoms with E-state index in [1.807, 2.05) is 24.3 Å². The summed E-state index contributed by atoms with van der Waals surface area (Å²) in [4.78, 5) is 33.8. The van der Waals surface area contributed by atoms with Crippen molar-refractivity contribution in [2.45, 2.75) is 32.7 Å². The number of carbonyl (C=O) groups excluding carboxylic acids is 2. The van der Waals surface area contributed by atoms with Crippen LogP contribution in [0.5, 0.6) is 0 Å². The van der Waals surface area contributed by atoms with Gasteiger partial charge in [0.2, 0.25) is 11.8 Å². The van der Waals surface area contributed by atoms with Crippen LogP contribution in [-0.2, 0) is 9.59 Å². The van der Waals surface area contributed by atoms with Crippen LogP contribution in [0.2, 0.25) is 0 Å². The van der Waals surface area contributed by atoms with Gasteiger partial charge in [0.15, 0.2) is 0 Å². The molecule has 3 rings (SSSR count). The second kappa shape index (κ2) is 6.63. The van der Waals surface area contributed by atoms with Crippen LogP contribution in [0, 0.1) is 11.8 Å². The highest BCUT2D eigenvalue weighted by Gasteiger charge is 2.33. The van der Waals surface area contributed by atoms with Gasteiger partial charge in [0.25, 0.3) is 0 Å². The van der Waals surface area contributed by atoms with Crippen LogP contribution in [-0.4, -0.2) is 40.3 Å². The molecule has 2 heterocycles. The molecule has 1 aliphatic rings. The SMILES string of the molecule is CC(C)C[C@H](NC(=O)[C@H]1CC(=O)N(C)C1)c1nc2ccccc2[nH]1. The third-order valence-electron chi connectivity index (χ3n) is 4.47. The van der Waals surface area contributed by atoms with Crippen molar-refractivity contribution < 1.29 is 9.59 Å². The smallest absolute Gasteiger partial charge is 0.226 e. The first-order valence-electron chi connectivity index (χ1n) is 8.43. The van der Waals surface area contributed by atoms with Gasteiger partial charge in [-0.25, -0.2) is 4.98 Å². The van der Waals surface area contributed by atoms with Crippen LogP contribution in [0.4, 0.5) is 0 Å². The Morgan fingerprint density at radius 3 is 2.79 bits per heavy atom. The van der Waals surface area contributed by atoms with Crippen molar-refractivity contribution in [3.8, 4) is 0 Å². The number of nitrogens with one attached hydrogen (secondary N) is 2. The average Bonchev–Trinajstić information content (AvgIpc) is 3.10. The number of H-pyrrole nitrogens is 1. The Kier molecular flexibility index (Phi) is 4.55. The lowest BCUT2D eigenvalue weighted by Gasteiger charge is -2.20. The number of likely N-dealkylation sites (tertiary alicyclic amines) is 1. The van der Waals surface area contributed by atoms with Gasteiger partial charge in [-0.05, 0) is 24.5 Å². The molecule has 1 fully saturated rings. The van der Waals surface area contributed by atoms with Crippen molar-refractivity contribution in [2.75, 3.05) is 13.6 Å². The predicted molar refractivity (Wildman–Crippen MR) is 92.2 cm³/mol. The van der Waals surface area contributed by atoms with E-state index in [2.05, 4.69) is 29.1 Å². The van der Waals surface area contributed by atoms with Gasteiger partial charge in [-0.2, -0.15) is 0 Å². The number of fused-ring (bicyclic) bond motifs is 1. The lowest BCUT2D eigenvalue weighted by atomic mass is 10.0. The topological polar surface area (TPSA) is 78.1 Å². The molecule has 1 aliphatic heterocycles. The second-order valence-corrected chi connectivity index (χ2v) is 7.01. The van der Waals surface area contributed by atoms with Crippen molar-refractivity contribution in [2.24, 2.45) is 11.8 Å². The molecule has 6 heteroatoms. The minimum Gasteiger partial charge on any atom is -0.346 e. The molecule has 0 bridgehead atoms. The minimum absolute atomic E-state index is 0.0271. The number of aromatic amines is 1. The van der Waals surface area contributed by atoms with Gasteiger partial charge in [0, 0.05) is 20.0 Å². The Labute approximate surface area is 141 Å². The largest absolute Gasteiger partial charge is 0.346 e. The Morgan fingerprint density at radius 2 is 2.17 bits per heavy atom. The van der Waals surface area contributed by atoms with Gasteiger partial charge in [0.05, 0.1) is 23.0 Å². The molecule has 0 unspecified atom stereocenters. The lowest BCUT2D eigenvalue weighted by Crippen LogP contribution is -2.36. The molecule has 128 valence electrons. The summed E-state index contributed by atoms with van der Waals surface area (Å²) < 4.78 is 0. The van der Waals surface area contributed by atoms with Gasteiger partial charge in [-0.1, -0.05) is 26.0 Å². The van der Waals surface area contributed by atoms with Crippen LogP contribution in [0.25, 0.3) is 11.0 Å². The number of benzene rings is 1. The maximum Gasteiger partial charge on any atom is 0.226 e. The minimum atomic E-state index is -0.276. The van der Waals surface area contributed by atoms with Gasteiger partial charge in [-0.3, -0.25) is 9.59 Å². The van der Waals surface area contributed by atoms with Crippen molar-refractivity contribution in [3.05, 3.63) is 30.1 Å². The van der Waals surface area contributed by atoms with Crippen molar-refractivity contribution in [1.29, 1.82) is 0 Å². The highest BCUT2D eigenvalue weighted by molar-refractivity contribution is 5.89. The highest BCUT2D eigenvalue weighted by atomic mass is 16.2. The number of amides is 2. The van der Waals surface area contributed by atoms with E-state index in [4.69, 9.17) is 0 Å². The molecular formula is C18H24N4O2. The number of carbonyl (C=O) groups is 2. The number of aromatic nitrogens is 2. The Morgan fingerprint density at radius 1 is 1.42 bits per heavy atom. The molecule has 0 spiro atoms. The molecule has 2 atom stereocenters. The summed E-state index contributed by atoms with van der Waals surface area (Å²) >= 11 is 0. The van der Waals surface area contributed by atoms with E-state index in [0.29, 0.717) is 12.5 Å². The number of hydrogen-bond donors (Lipinski definition) is 2. The quantitative estimate of drug-likeness (QED) is 0.883. The first-order valence-corrected chi connectivity index (χ1v) is 8.43. The van der Waals surface area contributed by atoms with Crippen molar-refractivity contribution in [3.63, 3.8) is 0 Å². The molecular weight excluding hydrogens is 304 g/mol. The number of rotatable bonds is 5. The molecule has 2 amide bonds. The third kappa shape index (κ3) is 3.42. The maximum atomic E-state index is 12.6. The van der Waals surface area contributed by atoms with Gasteiger partial charge in [-0.15, -0.1) is 0 Å². The molecule has 1 aromatic heterocycles. The zero-order chi connectivity index (χ0) is 17.3. The van der Waals surface area contributed by atoms with E-state index >= 15 is 0 Å². The van der Waals surface area contributed by atoms with Gasteiger partial charge < -0.3 is 15.2 Å². The lowest BCUT2D eigenvalue weighted by molar-refractivity contribution is -0.128. The monoisotopic (exact) mass is 328 g/mol. The first kappa shape index (κ1) is 16.5. The van der Waals surface area contributed by atoms with Crippen LogP contribution >= 0.6 is 0 Å². The van der Waals surface area contributed by atoms with Crippen LogP contribution in [0.3, 0.4) is 0 Å². The zero-order valence-electron chi connectivity index (χ0n) is 14.4. The summed E-state index contributed by atoms with van der Waals surface area (Å²) in [7, 11) is 1.74. The summed E-state index contributed by atoms with van der Waals surface area (Å²) in [5, 5.41) is 3.10. The average molecular weight is 328 g/mol. The molecule has 1 aromatic carbocycles.